The number of fused-ring (bicyclic) bond motifs is 18. The van der Waals surface area contributed by atoms with Gasteiger partial charge in [0.05, 0.1) is 72.6 Å². The molecule has 0 aliphatic rings. The van der Waals surface area contributed by atoms with Crippen LogP contribution in [0.4, 0.5) is 0 Å². The van der Waals surface area contributed by atoms with Gasteiger partial charge in [-0.1, -0.05) is 334 Å². The summed E-state index contributed by atoms with van der Waals surface area (Å²) >= 11 is 0. The third-order valence-corrected chi connectivity index (χ3v) is 25.4. The number of hydrogen-bond acceptors (Lipinski definition) is 4. The van der Waals surface area contributed by atoms with E-state index in [4.69, 9.17) is 19.9 Å². The van der Waals surface area contributed by atoms with Crippen LogP contribution in [0.2, 0.25) is 0 Å². The van der Waals surface area contributed by atoms with Gasteiger partial charge in [-0.2, -0.15) is 0 Å². The highest BCUT2D eigenvalue weighted by molar-refractivity contribution is 6.16. The Morgan fingerprint density at radius 3 is 0.774 bits per heavy atom. The fourth-order valence-corrected chi connectivity index (χ4v) is 19.7. The first-order chi connectivity index (χ1) is 61.5. The summed E-state index contributed by atoms with van der Waals surface area (Å²) in [5.74, 6) is 1.28. The van der Waals surface area contributed by atoms with Crippen LogP contribution in [-0.2, 0) is 0 Å². The molecule has 0 saturated carbocycles. The highest BCUT2D eigenvalue weighted by atomic mass is 15.2. The number of rotatable bonds is 10. The molecule has 26 aromatic rings. The minimum absolute atomic E-state index is 0.639. The molecule has 8 nitrogen and oxygen atoms in total. The molecular formula is C116H72N8. The quantitative estimate of drug-likeness (QED) is 0.137. The van der Waals surface area contributed by atoms with E-state index in [1.54, 1.807) is 0 Å². The first-order valence-electron chi connectivity index (χ1n) is 42.3. The molecule has 8 heteroatoms. The summed E-state index contributed by atoms with van der Waals surface area (Å²) in [6.45, 7) is 0. The maximum absolute atomic E-state index is 5.44. The number of benzene rings is 20. The lowest BCUT2D eigenvalue weighted by Crippen LogP contribution is -2.04. The van der Waals surface area contributed by atoms with Crippen LogP contribution in [0.1, 0.15) is 0 Å². The van der Waals surface area contributed by atoms with E-state index in [0.717, 1.165) is 127 Å². The second kappa shape index (κ2) is 28.5. The van der Waals surface area contributed by atoms with Crippen molar-refractivity contribution in [1.82, 2.24) is 38.2 Å². The molecule has 0 unspecified atom stereocenters. The van der Waals surface area contributed by atoms with Gasteiger partial charge in [0.2, 0.25) is 11.9 Å². The topological polar surface area (TPSA) is 71.3 Å². The van der Waals surface area contributed by atoms with Crippen LogP contribution in [0.3, 0.4) is 0 Å². The molecule has 576 valence electrons. The Balaban J connectivity index is 0.000000136. The summed E-state index contributed by atoms with van der Waals surface area (Å²) in [5, 5.41) is 23.8. The molecule has 0 aliphatic carbocycles. The molecule has 124 heavy (non-hydrogen) atoms. The van der Waals surface area contributed by atoms with Crippen molar-refractivity contribution in [3.63, 3.8) is 0 Å². The van der Waals surface area contributed by atoms with Crippen molar-refractivity contribution < 1.29 is 0 Å². The fourth-order valence-electron chi connectivity index (χ4n) is 19.7. The highest BCUT2D eigenvalue weighted by Crippen LogP contribution is 2.45. The minimum atomic E-state index is 0.639. The second-order valence-corrected chi connectivity index (χ2v) is 32.4. The van der Waals surface area contributed by atoms with Gasteiger partial charge in [0.25, 0.3) is 0 Å². The Labute approximate surface area is 712 Å². The lowest BCUT2D eigenvalue weighted by atomic mass is 9.99. The van der Waals surface area contributed by atoms with Crippen LogP contribution in [0.15, 0.2) is 437 Å². The molecule has 0 spiro atoms. The SMILES string of the molecule is c1ccc2c(-c3cc(-c4cccc5ccccc45)nc(-n4c5ccccc5c5cc(-c6ccc7c(c6)c6ccccc6n7-c6cccc7ccccc67)ccc54)n3)cccc2c1.c1ccc2cc(-n3c4ccccc4c4cc(-c5ccc6c(c5)c5ccccc5n6-c5nc(-c6cccc7ccccc67)cc(-c6cccc7ccccc67)n5)ccc43)ccc2c1. The molecule has 0 bridgehead atoms. The van der Waals surface area contributed by atoms with Crippen molar-refractivity contribution >= 4 is 152 Å². The predicted octanol–water partition coefficient (Wildman–Crippen LogP) is 30.3. The van der Waals surface area contributed by atoms with Gasteiger partial charge in [0, 0.05) is 76.4 Å². The van der Waals surface area contributed by atoms with E-state index >= 15 is 0 Å². The summed E-state index contributed by atoms with van der Waals surface area (Å²) in [4.78, 5) is 21.8. The van der Waals surface area contributed by atoms with Crippen molar-refractivity contribution in [2.45, 2.75) is 0 Å². The van der Waals surface area contributed by atoms with E-state index in [-0.39, 0.29) is 0 Å². The molecule has 0 saturated heterocycles. The molecule has 0 N–H and O–H groups in total. The van der Waals surface area contributed by atoms with Gasteiger partial charge in [-0.15, -0.1) is 0 Å². The third-order valence-electron chi connectivity index (χ3n) is 25.4. The maximum Gasteiger partial charge on any atom is 0.235 e. The monoisotopic (exact) mass is 1580 g/mol. The summed E-state index contributed by atoms with van der Waals surface area (Å²) in [6, 6.07) is 157. The van der Waals surface area contributed by atoms with Crippen LogP contribution >= 0.6 is 0 Å². The Morgan fingerprint density at radius 1 is 0.145 bits per heavy atom. The number of hydrogen-bond donors (Lipinski definition) is 0. The van der Waals surface area contributed by atoms with Crippen LogP contribution in [0, 0.1) is 0 Å². The zero-order valence-corrected chi connectivity index (χ0v) is 67.1. The van der Waals surface area contributed by atoms with Crippen molar-refractivity contribution in [1.29, 1.82) is 0 Å². The Bertz CT molecular complexity index is 8690. The van der Waals surface area contributed by atoms with Crippen LogP contribution < -0.4 is 0 Å². The van der Waals surface area contributed by atoms with Crippen LogP contribution in [-0.4, -0.2) is 38.2 Å². The Morgan fingerprint density at radius 2 is 0.403 bits per heavy atom. The lowest BCUT2D eigenvalue weighted by Gasteiger charge is -2.14. The summed E-state index contributed by atoms with van der Waals surface area (Å²) in [7, 11) is 0. The standard InChI is InChI=1S/2C58H36N4/c1-4-20-42-37(14-1)17-11-25-45(42)51-36-52(46-26-12-18-38-15-2-5-21-43(38)46)60-58(59-51)62-55-28-10-8-24-48(55)50-35-41(31-33-57(50)62)40-30-32-56-49(34-40)47-23-7-9-27-54(47)61(56)53-29-13-19-39-16-3-6-22-44(39)53;1-2-16-40-33-43(30-27-37(40)13-1)61-54-25-9-7-21-48(54)50-34-41(28-31-56(50)61)42-29-32-57-51(35-42)49-22-8-10-26-55(49)62(57)58-59-52(46-23-11-17-38-14-3-5-19-44(38)46)36-53(60-58)47-24-12-18-39-15-4-6-20-45(39)47/h2*1-36H. The van der Waals surface area contributed by atoms with Gasteiger partial charge in [0.1, 0.15) is 0 Å². The Hall–Kier alpha value is -16.7. The van der Waals surface area contributed by atoms with E-state index in [1.165, 1.54) is 104 Å². The molecule has 0 fully saturated rings. The molecular weight excluding hydrogens is 1510 g/mol. The molecule has 6 aromatic heterocycles. The minimum Gasteiger partial charge on any atom is -0.309 e. The summed E-state index contributed by atoms with van der Waals surface area (Å²) < 4.78 is 9.32. The lowest BCUT2D eigenvalue weighted by molar-refractivity contribution is 0.996. The normalized spacial score (nSPS) is 11.9. The van der Waals surface area contributed by atoms with Crippen molar-refractivity contribution in [3.8, 4) is 90.6 Å². The molecule has 0 aliphatic heterocycles. The third kappa shape index (κ3) is 11.5. The average Bonchev–Trinajstić information content (AvgIpc) is 1.58. The van der Waals surface area contributed by atoms with Gasteiger partial charge in [-0.25, -0.2) is 19.9 Å². The molecule has 26 rings (SSSR count). The largest absolute Gasteiger partial charge is 0.309 e. The highest BCUT2D eigenvalue weighted by Gasteiger charge is 2.25. The summed E-state index contributed by atoms with van der Waals surface area (Å²) in [5.41, 5.74) is 23.9. The second-order valence-electron chi connectivity index (χ2n) is 32.4. The van der Waals surface area contributed by atoms with Crippen molar-refractivity contribution in [2.24, 2.45) is 0 Å². The van der Waals surface area contributed by atoms with Gasteiger partial charge < -0.3 is 9.13 Å². The van der Waals surface area contributed by atoms with E-state index in [9.17, 15) is 0 Å². The number of nitrogens with zero attached hydrogens (tertiary/aromatic N) is 8. The zero-order valence-electron chi connectivity index (χ0n) is 67.1. The van der Waals surface area contributed by atoms with E-state index in [0.29, 0.717) is 11.9 Å². The van der Waals surface area contributed by atoms with Crippen LogP contribution in [0.5, 0.6) is 0 Å². The van der Waals surface area contributed by atoms with Gasteiger partial charge >= 0.3 is 0 Å². The van der Waals surface area contributed by atoms with E-state index in [2.05, 4.69) is 455 Å². The smallest absolute Gasteiger partial charge is 0.235 e. The predicted molar refractivity (Wildman–Crippen MR) is 519 cm³/mol. The molecule has 6 heterocycles. The van der Waals surface area contributed by atoms with Crippen molar-refractivity contribution in [2.75, 3.05) is 0 Å². The first-order valence-corrected chi connectivity index (χ1v) is 42.3. The molecule has 0 radical (unpaired) electrons. The van der Waals surface area contributed by atoms with Gasteiger partial charge in [0.15, 0.2) is 0 Å². The first kappa shape index (κ1) is 70.3. The molecule has 20 aromatic carbocycles. The summed E-state index contributed by atoms with van der Waals surface area (Å²) in [6.07, 6.45) is 0. The molecule has 0 atom stereocenters. The number of aromatic nitrogens is 8. The average molecular weight is 1580 g/mol. The van der Waals surface area contributed by atoms with Gasteiger partial charge in [-0.3, -0.25) is 9.13 Å². The van der Waals surface area contributed by atoms with E-state index in [1.807, 2.05) is 0 Å². The van der Waals surface area contributed by atoms with Gasteiger partial charge in [-0.05, 0) is 185 Å². The van der Waals surface area contributed by atoms with Crippen molar-refractivity contribution in [3.05, 3.63) is 437 Å². The zero-order chi connectivity index (χ0) is 81.5. The van der Waals surface area contributed by atoms with Crippen LogP contribution in [0.25, 0.3) is 242 Å². The number of para-hydroxylation sites is 4. The molecule has 0 amide bonds. The Kier molecular flexibility index (Phi) is 16.2. The fraction of sp³-hybridized carbons (Fsp3) is 0. The maximum atomic E-state index is 5.44. The van der Waals surface area contributed by atoms with E-state index < -0.39 is 0 Å².